The summed E-state index contributed by atoms with van der Waals surface area (Å²) in [4.78, 5) is 15.0. The highest BCUT2D eigenvalue weighted by Gasteiger charge is 2.37. The number of nitrogens with one attached hydrogen (secondary N) is 2. The van der Waals surface area contributed by atoms with Crippen molar-refractivity contribution in [1.29, 1.82) is 0 Å². The van der Waals surface area contributed by atoms with Crippen LogP contribution >= 0.6 is 0 Å². The number of hydrogen-bond donors (Lipinski definition) is 2. The summed E-state index contributed by atoms with van der Waals surface area (Å²) in [5.74, 6) is 0.00165. The van der Waals surface area contributed by atoms with Crippen molar-refractivity contribution in [2.24, 2.45) is 5.92 Å². The molecule has 1 aromatic rings. The lowest BCUT2D eigenvalue weighted by molar-refractivity contribution is -0.137. The summed E-state index contributed by atoms with van der Waals surface area (Å²) in [7, 11) is 1.78. The van der Waals surface area contributed by atoms with Gasteiger partial charge in [0.2, 0.25) is 5.91 Å². The Kier molecular flexibility index (Phi) is 12.0. The maximum absolute atomic E-state index is 13.2. The van der Waals surface area contributed by atoms with Crippen molar-refractivity contribution >= 4 is 5.91 Å². The van der Waals surface area contributed by atoms with Crippen molar-refractivity contribution < 1.29 is 22.7 Å². The number of likely N-dealkylation sites (N-methyl/N-ethyl adjacent to an activating group) is 1. The highest BCUT2D eigenvalue weighted by atomic mass is 19.4. The number of benzene rings is 1. The van der Waals surface area contributed by atoms with Crippen LogP contribution < -0.4 is 10.6 Å². The third kappa shape index (κ3) is 8.19. The zero-order valence-corrected chi connectivity index (χ0v) is 22.0. The molecule has 35 heavy (non-hydrogen) atoms. The van der Waals surface area contributed by atoms with Crippen molar-refractivity contribution in [2.45, 2.75) is 97.1 Å². The van der Waals surface area contributed by atoms with Gasteiger partial charge in [-0.05, 0) is 62.4 Å². The lowest BCUT2D eigenvalue weighted by Gasteiger charge is -2.36. The Hall–Kier alpha value is -1.64. The third-order valence-corrected chi connectivity index (χ3v) is 6.74. The molecule has 8 heteroatoms. The van der Waals surface area contributed by atoms with Crippen LogP contribution in [0.4, 0.5) is 13.2 Å². The van der Waals surface area contributed by atoms with Crippen molar-refractivity contribution in [2.75, 3.05) is 26.8 Å². The number of fused-ring (bicyclic) bond motifs is 1. The van der Waals surface area contributed by atoms with Crippen LogP contribution in [0, 0.1) is 5.92 Å². The highest BCUT2D eigenvalue weighted by molar-refractivity contribution is 5.79. The highest BCUT2D eigenvalue weighted by Crippen LogP contribution is 2.36. The largest absolute Gasteiger partial charge is 0.416 e. The van der Waals surface area contributed by atoms with E-state index in [4.69, 9.17) is 4.74 Å². The van der Waals surface area contributed by atoms with E-state index >= 15 is 0 Å². The van der Waals surface area contributed by atoms with Gasteiger partial charge in [-0.15, -0.1) is 0 Å². The molecule has 3 unspecified atom stereocenters. The molecular formula is C27H44F3N3O2. The molecule has 3 aliphatic rings. The number of carbonyl (C=O) groups is 1. The summed E-state index contributed by atoms with van der Waals surface area (Å²) in [6, 6.07) is 4.50. The minimum atomic E-state index is -4.38. The molecule has 200 valence electrons. The summed E-state index contributed by atoms with van der Waals surface area (Å²) >= 11 is 0. The van der Waals surface area contributed by atoms with Crippen molar-refractivity contribution in [3.63, 3.8) is 0 Å². The number of amides is 1. The van der Waals surface area contributed by atoms with Gasteiger partial charge in [-0.1, -0.05) is 40.2 Å². The maximum Gasteiger partial charge on any atom is 0.416 e. The minimum absolute atomic E-state index is 0.0628. The number of nitrogens with zero attached hydrogens (tertiary/aromatic N) is 1. The van der Waals surface area contributed by atoms with Crippen LogP contribution in [-0.4, -0.2) is 49.7 Å². The first-order valence-corrected chi connectivity index (χ1v) is 13.3. The topological polar surface area (TPSA) is 53.6 Å². The van der Waals surface area contributed by atoms with E-state index in [9.17, 15) is 18.0 Å². The fourth-order valence-electron chi connectivity index (χ4n) is 5.08. The lowest BCUT2D eigenvalue weighted by atomic mass is 9.92. The average Bonchev–Trinajstić information content (AvgIpc) is 3.32. The van der Waals surface area contributed by atoms with Crippen LogP contribution in [-0.2, 0) is 22.3 Å². The van der Waals surface area contributed by atoms with Crippen LogP contribution in [0.5, 0.6) is 0 Å². The van der Waals surface area contributed by atoms with Crippen LogP contribution in [0.1, 0.15) is 89.0 Å². The number of halogens is 3. The van der Waals surface area contributed by atoms with E-state index in [2.05, 4.69) is 24.5 Å². The van der Waals surface area contributed by atoms with Crippen molar-refractivity contribution in [1.82, 2.24) is 15.5 Å². The van der Waals surface area contributed by atoms with E-state index in [1.54, 1.807) is 18.0 Å². The van der Waals surface area contributed by atoms with Gasteiger partial charge in [0.25, 0.3) is 0 Å². The van der Waals surface area contributed by atoms with Gasteiger partial charge in [0, 0.05) is 50.3 Å². The van der Waals surface area contributed by atoms with Crippen LogP contribution in [0.2, 0.25) is 0 Å². The Morgan fingerprint density at radius 1 is 1.09 bits per heavy atom. The monoisotopic (exact) mass is 499 g/mol. The fourth-order valence-corrected chi connectivity index (χ4v) is 5.08. The van der Waals surface area contributed by atoms with E-state index in [0.717, 1.165) is 56.9 Å². The molecule has 1 aliphatic carbocycles. The molecule has 4 rings (SSSR count). The molecule has 5 nitrogen and oxygen atoms in total. The molecule has 1 aromatic carbocycles. The lowest BCUT2D eigenvalue weighted by Crippen LogP contribution is -2.45. The Labute approximate surface area is 209 Å². The molecule has 0 spiro atoms. The van der Waals surface area contributed by atoms with Crippen LogP contribution in [0.25, 0.3) is 0 Å². The van der Waals surface area contributed by atoms with Gasteiger partial charge in [-0.25, -0.2) is 0 Å². The molecule has 1 amide bonds. The predicted octanol–water partition coefficient (Wildman–Crippen LogP) is 5.69. The Morgan fingerprint density at radius 2 is 1.74 bits per heavy atom. The number of ether oxygens (including phenoxy) is 1. The summed E-state index contributed by atoms with van der Waals surface area (Å²) in [6.07, 6.45) is 1.46. The summed E-state index contributed by atoms with van der Waals surface area (Å²) in [5, 5.41) is 6.83. The standard InChI is InChI=1S/C22H30F3N3O2.C3H8.C2H6/c1-26-20-13-28(12-15-10-16(22(23,24)25)3-5-19(15)20)21(29)14-2-4-18(11-14)27-17-6-8-30-9-7-17;1-3-2;1-2/h3,5,10,14,17-18,20,26-27H,2,4,6-9,11-13H2,1H3;3H2,1-2H3;1-2H3. The molecule has 0 bridgehead atoms. The molecular weight excluding hydrogens is 455 g/mol. The number of rotatable bonds is 4. The Morgan fingerprint density at radius 3 is 2.34 bits per heavy atom. The molecule has 0 radical (unpaired) electrons. The average molecular weight is 500 g/mol. The van der Waals surface area contributed by atoms with E-state index < -0.39 is 11.7 Å². The van der Waals surface area contributed by atoms with E-state index in [1.807, 2.05) is 13.8 Å². The van der Waals surface area contributed by atoms with Gasteiger partial charge in [0.15, 0.2) is 0 Å². The molecule has 2 aliphatic heterocycles. The molecule has 2 heterocycles. The van der Waals surface area contributed by atoms with Gasteiger partial charge in [-0.3, -0.25) is 4.79 Å². The Bertz CT molecular complexity index is 781. The first-order valence-electron chi connectivity index (χ1n) is 13.3. The van der Waals surface area contributed by atoms with Gasteiger partial charge in [-0.2, -0.15) is 13.2 Å². The van der Waals surface area contributed by atoms with Crippen LogP contribution in [0.15, 0.2) is 18.2 Å². The second-order valence-corrected chi connectivity index (χ2v) is 9.44. The molecule has 0 aromatic heterocycles. The molecule has 2 N–H and O–H groups in total. The first kappa shape index (κ1) is 29.6. The second-order valence-electron chi connectivity index (χ2n) is 9.44. The normalized spacial score (nSPS) is 24.6. The third-order valence-electron chi connectivity index (χ3n) is 6.74. The number of hydrogen-bond acceptors (Lipinski definition) is 4. The molecule has 3 atom stereocenters. The van der Waals surface area contributed by atoms with E-state index in [-0.39, 0.29) is 24.4 Å². The van der Waals surface area contributed by atoms with Gasteiger partial charge >= 0.3 is 6.18 Å². The van der Waals surface area contributed by atoms with Gasteiger partial charge in [0.05, 0.1) is 5.56 Å². The van der Waals surface area contributed by atoms with E-state index in [1.165, 1.54) is 12.5 Å². The quantitative estimate of drug-likeness (QED) is 0.559. The van der Waals surface area contributed by atoms with Gasteiger partial charge < -0.3 is 20.3 Å². The zero-order valence-electron chi connectivity index (χ0n) is 22.0. The summed E-state index contributed by atoms with van der Waals surface area (Å²) in [6.45, 7) is 10.5. The molecule has 2 fully saturated rings. The van der Waals surface area contributed by atoms with Gasteiger partial charge in [0.1, 0.15) is 0 Å². The maximum atomic E-state index is 13.2. The molecule has 1 saturated carbocycles. The zero-order chi connectivity index (χ0) is 26.0. The smallest absolute Gasteiger partial charge is 0.381 e. The van der Waals surface area contributed by atoms with E-state index in [0.29, 0.717) is 24.2 Å². The first-order chi connectivity index (χ1) is 16.8. The summed E-state index contributed by atoms with van der Waals surface area (Å²) in [5.41, 5.74) is 0.769. The number of carbonyl (C=O) groups excluding carboxylic acids is 1. The predicted molar refractivity (Wildman–Crippen MR) is 134 cm³/mol. The molecule has 1 saturated heterocycles. The summed E-state index contributed by atoms with van der Waals surface area (Å²) < 4.78 is 44.9. The second kappa shape index (κ2) is 14.2. The Balaban J connectivity index is 0.000000803. The minimum Gasteiger partial charge on any atom is -0.381 e. The number of alkyl halides is 3. The SMILES string of the molecule is CC.CCC.CNC1CN(C(=O)C2CCC(NC3CCOCC3)C2)Cc2cc(C(F)(F)F)ccc21. The fraction of sp³-hybridized carbons (Fsp3) is 0.741. The van der Waals surface area contributed by atoms with Crippen molar-refractivity contribution in [3.05, 3.63) is 34.9 Å². The van der Waals surface area contributed by atoms with Crippen molar-refractivity contribution in [3.8, 4) is 0 Å². The van der Waals surface area contributed by atoms with Crippen LogP contribution in [0.3, 0.4) is 0 Å².